The van der Waals surface area contributed by atoms with Crippen LogP contribution in [-0.2, 0) is 14.3 Å². The number of aliphatic hydroxyl groups excluding tert-OH is 5. The quantitative estimate of drug-likeness (QED) is 0.138. The van der Waals surface area contributed by atoms with E-state index < -0.39 is 67.7 Å². The van der Waals surface area contributed by atoms with Gasteiger partial charge in [-0.05, 0) is 37.6 Å². The normalized spacial score (nSPS) is 29.6. The van der Waals surface area contributed by atoms with Gasteiger partial charge in [0.1, 0.15) is 36.8 Å². The molecule has 0 radical (unpaired) electrons. The molecule has 5 rings (SSSR count). The van der Waals surface area contributed by atoms with E-state index in [1.165, 1.54) is 49.3 Å². The Morgan fingerprint density at radius 2 is 1.91 bits per heavy atom. The minimum atomic E-state index is -1.45. The lowest BCUT2D eigenvalue weighted by Crippen LogP contribution is -2.48. The molecule has 44 heavy (non-hydrogen) atoms. The van der Waals surface area contributed by atoms with E-state index in [4.69, 9.17) is 14.2 Å². The first-order valence-corrected chi connectivity index (χ1v) is 13.9. The number of hydrogen-bond donors (Lipinski definition) is 7. The Hall–Kier alpha value is -3.90. The number of amides is 1. The molecule has 1 unspecified atom stereocenters. The van der Waals surface area contributed by atoms with Crippen molar-refractivity contribution in [3.8, 4) is 11.5 Å². The highest BCUT2D eigenvalue weighted by atomic mass is 16.7. The molecule has 2 aromatic heterocycles. The van der Waals surface area contributed by atoms with Crippen LogP contribution in [0.2, 0.25) is 0 Å². The molecular weight excluding hydrogens is 580 g/mol. The van der Waals surface area contributed by atoms with Gasteiger partial charge in [0, 0.05) is 19.7 Å². The molecule has 2 aliphatic rings. The fraction of sp³-hybridized carbons (Fsp3) is 0.500. The van der Waals surface area contributed by atoms with Crippen LogP contribution in [0.4, 0.5) is 5.82 Å². The smallest absolute Gasteiger partial charge is 0.247 e. The van der Waals surface area contributed by atoms with Crippen LogP contribution in [0.1, 0.15) is 25.6 Å². The van der Waals surface area contributed by atoms with Gasteiger partial charge in [-0.1, -0.05) is 6.07 Å². The lowest BCUT2D eigenvalue weighted by molar-refractivity contribution is -0.129. The number of ether oxygens (including phenoxy) is 3. The van der Waals surface area contributed by atoms with E-state index in [1.807, 2.05) is 14.1 Å². The number of nitrogens with zero attached hydrogens (tertiary/aromatic N) is 5. The van der Waals surface area contributed by atoms with Crippen molar-refractivity contribution in [3.63, 3.8) is 0 Å². The molecule has 0 spiro atoms. The largest absolute Gasteiger partial charge is 0.504 e. The molecule has 0 bridgehead atoms. The van der Waals surface area contributed by atoms with E-state index in [-0.39, 0.29) is 17.1 Å². The highest BCUT2D eigenvalue weighted by Gasteiger charge is 2.47. The van der Waals surface area contributed by atoms with Crippen LogP contribution in [-0.4, -0.2) is 126 Å². The van der Waals surface area contributed by atoms with E-state index in [2.05, 4.69) is 20.3 Å². The van der Waals surface area contributed by atoms with Crippen LogP contribution < -0.4 is 15.0 Å². The number of imidazole rings is 1. The first-order valence-electron chi connectivity index (χ1n) is 13.9. The standard InChI is InChI=1S/C28H36N6O10/c1-12(7-14-5-6-16(15(37)8-14)43-28-22(40)21(39)23(44-28)13(2)36)26(41)32-18-17(9-35)42-27(20(18)38)34-11-31-19-24(33(3)4)29-10-30-25(19)34/h5-8,10-11,13,17-18,20-23,27-28,35-40H,9H2,1-4H3,(H,32,41)/b12-7+/t13-,17+,18+,20?,21-,22-,23+,27+,28+/m0/s1. The molecule has 1 amide bonds. The number of anilines is 1. The maximum atomic E-state index is 13.1. The van der Waals surface area contributed by atoms with Gasteiger partial charge in [0.15, 0.2) is 34.7 Å². The Balaban J connectivity index is 1.27. The van der Waals surface area contributed by atoms with Crippen LogP contribution >= 0.6 is 0 Å². The van der Waals surface area contributed by atoms with Crippen molar-refractivity contribution in [3.05, 3.63) is 42.0 Å². The summed E-state index contributed by atoms with van der Waals surface area (Å²) < 4.78 is 18.3. The predicted molar refractivity (Wildman–Crippen MR) is 153 cm³/mol. The summed E-state index contributed by atoms with van der Waals surface area (Å²) in [6.07, 6.45) is -5.15. The lowest BCUT2D eigenvalue weighted by atomic mass is 10.1. The second kappa shape index (κ2) is 12.6. The molecule has 16 heteroatoms. The number of aliphatic hydroxyl groups is 5. The summed E-state index contributed by atoms with van der Waals surface area (Å²) in [6, 6.07) is 3.29. The Kier molecular flexibility index (Phi) is 9.03. The summed E-state index contributed by atoms with van der Waals surface area (Å²) in [5.74, 6) is -0.353. The van der Waals surface area contributed by atoms with Crippen molar-refractivity contribution in [2.45, 2.75) is 69.0 Å². The van der Waals surface area contributed by atoms with Crippen LogP contribution in [0.15, 0.2) is 36.4 Å². The van der Waals surface area contributed by atoms with Crippen molar-refractivity contribution in [1.29, 1.82) is 0 Å². The zero-order valence-corrected chi connectivity index (χ0v) is 24.4. The van der Waals surface area contributed by atoms with Crippen LogP contribution in [0.3, 0.4) is 0 Å². The second-order valence-electron chi connectivity index (χ2n) is 11.0. The molecule has 2 aliphatic heterocycles. The predicted octanol–water partition coefficient (Wildman–Crippen LogP) is -1.36. The molecule has 2 fully saturated rings. The van der Waals surface area contributed by atoms with Gasteiger partial charge in [0.25, 0.3) is 0 Å². The van der Waals surface area contributed by atoms with Crippen LogP contribution in [0.25, 0.3) is 17.2 Å². The molecule has 16 nitrogen and oxygen atoms in total. The van der Waals surface area contributed by atoms with Crippen molar-refractivity contribution >= 4 is 29.0 Å². The van der Waals surface area contributed by atoms with Gasteiger partial charge >= 0.3 is 0 Å². The minimum absolute atomic E-state index is 0.0511. The summed E-state index contributed by atoms with van der Waals surface area (Å²) in [5, 5.41) is 64.3. The molecule has 0 aliphatic carbocycles. The van der Waals surface area contributed by atoms with Gasteiger partial charge in [0.05, 0.1) is 25.1 Å². The number of carbonyl (C=O) groups is 1. The topological polar surface area (TPSA) is 225 Å². The van der Waals surface area contributed by atoms with Crippen molar-refractivity contribution < 1.29 is 49.6 Å². The van der Waals surface area contributed by atoms with E-state index in [9.17, 15) is 35.4 Å². The SMILES string of the molecule is C/C(=C\c1ccc(O[C@@H]2O[C@H]([C@H](C)O)[C@@H](O)[C@@H]2O)c(O)c1)C(=O)N[C@H]1C(O)[C@H](n2cnc3c(N(C)C)ncnc32)O[C@@H]1CO. The third-order valence-corrected chi connectivity index (χ3v) is 7.59. The molecule has 9 atom stereocenters. The van der Waals surface area contributed by atoms with Gasteiger partial charge < -0.3 is 55.1 Å². The number of aromatic hydroxyl groups is 1. The van der Waals surface area contributed by atoms with E-state index in [0.717, 1.165) is 0 Å². The Morgan fingerprint density at radius 1 is 1.16 bits per heavy atom. The maximum absolute atomic E-state index is 13.1. The molecule has 238 valence electrons. The number of fused-ring (bicyclic) bond motifs is 1. The van der Waals surface area contributed by atoms with Gasteiger partial charge in [-0.3, -0.25) is 9.36 Å². The Morgan fingerprint density at radius 3 is 2.55 bits per heavy atom. The Labute approximate surface area is 251 Å². The number of phenolic OH excluding ortho intramolecular Hbond substituents is 1. The molecule has 4 heterocycles. The minimum Gasteiger partial charge on any atom is -0.504 e. The zero-order valence-electron chi connectivity index (χ0n) is 24.4. The third-order valence-electron chi connectivity index (χ3n) is 7.59. The van der Waals surface area contributed by atoms with Gasteiger partial charge in [-0.15, -0.1) is 0 Å². The molecule has 0 saturated carbocycles. The van der Waals surface area contributed by atoms with Gasteiger partial charge in [-0.2, -0.15) is 0 Å². The zero-order chi connectivity index (χ0) is 31.9. The molecule has 2 saturated heterocycles. The van der Waals surface area contributed by atoms with E-state index in [1.54, 1.807) is 11.0 Å². The third kappa shape index (κ3) is 5.92. The lowest BCUT2D eigenvalue weighted by Gasteiger charge is -2.21. The number of rotatable bonds is 9. The van der Waals surface area contributed by atoms with Gasteiger partial charge in [0.2, 0.25) is 12.2 Å². The van der Waals surface area contributed by atoms with E-state index in [0.29, 0.717) is 22.5 Å². The number of hydrogen-bond acceptors (Lipinski definition) is 14. The van der Waals surface area contributed by atoms with Crippen molar-refractivity contribution in [1.82, 2.24) is 24.8 Å². The first kappa shape index (κ1) is 31.5. The highest BCUT2D eigenvalue weighted by molar-refractivity contribution is 5.97. The number of phenols is 1. The summed E-state index contributed by atoms with van der Waals surface area (Å²) >= 11 is 0. The maximum Gasteiger partial charge on any atom is 0.247 e. The summed E-state index contributed by atoms with van der Waals surface area (Å²) in [5.41, 5.74) is 1.55. The Bertz CT molecular complexity index is 1530. The second-order valence-corrected chi connectivity index (χ2v) is 11.0. The van der Waals surface area contributed by atoms with Crippen molar-refractivity contribution in [2.24, 2.45) is 0 Å². The molecular formula is C28H36N6O10. The highest BCUT2D eigenvalue weighted by Crippen LogP contribution is 2.34. The summed E-state index contributed by atoms with van der Waals surface area (Å²) in [6.45, 7) is 2.46. The number of nitrogens with one attached hydrogen (secondary N) is 1. The van der Waals surface area contributed by atoms with E-state index >= 15 is 0 Å². The monoisotopic (exact) mass is 616 g/mol. The summed E-state index contributed by atoms with van der Waals surface area (Å²) in [7, 11) is 3.62. The fourth-order valence-corrected chi connectivity index (χ4v) is 5.26. The number of aromatic nitrogens is 4. The number of carbonyl (C=O) groups excluding carboxylic acids is 1. The van der Waals surface area contributed by atoms with Gasteiger partial charge in [-0.25, -0.2) is 15.0 Å². The number of benzene rings is 1. The summed E-state index contributed by atoms with van der Waals surface area (Å²) in [4.78, 5) is 27.8. The average molecular weight is 617 g/mol. The van der Waals surface area contributed by atoms with Crippen molar-refractivity contribution in [2.75, 3.05) is 25.6 Å². The fourth-order valence-electron chi connectivity index (χ4n) is 5.26. The molecule has 7 N–H and O–H groups in total. The molecule has 3 aromatic rings. The van der Waals surface area contributed by atoms with Crippen LogP contribution in [0, 0.1) is 0 Å². The van der Waals surface area contributed by atoms with Crippen LogP contribution in [0.5, 0.6) is 11.5 Å². The average Bonchev–Trinajstić information content (AvgIpc) is 3.63. The first-order chi connectivity index (χ1) is 20.9. The molecule has 1 aromatic carbocycles.